The Hall–Kier alpha value is -1.07. The zero-order valence-corrected chi connectivity index (χ0v) is 11.4. The second kappa shape index (κ2) is 4.55. The zero-order valence-electron chi connectivity index (χ0n) is 10.7. The van der Waals surface area contributed by atoms with Crippen molar-refractivity contribution in [3.8, 4) is 0 Å². The van der Waals surface area contributed by atoms with Crippen LogP contribution in [0.25, 0.3) is 11.2 Å². The number of nitrogens with zero attached hydrogens (tertiary/aromatic N) is 4. The molecule has 2 aromatic rings. The number of aromatic nitrogens is 4. The minimum atomic E-state index is 0.277. The molecule has 3 rings (SSSR count). The lowest BCUT2D eigenvalue weighted by atomic mass is 10.2. The summed E-state index contributed by atoms with van der Waals surface area (Å²) in [4.78, 5) is 4.59. The van der Waals surface area contributed by atoms with Crippen LogP contribution in [0.15, 0.2) is 0 Å². The minimum Gasteiger partial charge on any atom is -0.376 e. The molecular formula is C12H17ClN4O. The number of aryl methyl sites for hydroxylation is 2. The second-order valence-electron chi connectivity index (χ2n) is 4.79. The van der Waals surface area contributed by atoms with Gasteiger partial charge in [0.1, 0.15) is 11.3 Å². The average Bonchev–Trinajstić information content (AvgIpc) is 3.01. The molecule has 3 heterocycles. The van der Waals surface area contributed by atoms with Gasteiger partial charge in [0.2, 0.25) is 0 Å². The van der Waals surface area contributed by atoms with Crippen LogP contribution < -0.4 is 0 Å². The average molecular weight is 269 g/mol. The molecule has 0 radical (unpaired) electrons. The van der Waals surface area contributed by atoms with Gasteiger partial charge < -0.3 is 9.30 Å². The number of halogens is 1. The third kappa shape index (κ3) is 1.82. The van der Waals surface area contributed by atoms with Crippen LogP contribution in [0.3, 0.4) is 0 Å². The summed E-state index contributed by atoms with van der Waals surface area (Å²) >= 11 is 6.00. The molecule has 2 aromatic heterocycles. The molecule has 1 unspecified atom stereocenters. The molecule has 0 amide bonds. The molecule has 1 aliphatic rings. The first-order chi connectivity index (χ1) is 8.70. The van der Waals surface area contributed by atoms with Gasteiger partial charge >= 0.3 is 0 Å². The smallest absolute Gasteiger partial charge is 0.158 e. The summed E-state index contributed by atoms with van der Waals surface area (Å²) in [6.07, 6.45) is 2.53. The van der Waals surface area contributed by atoms with E-state index in [1.807, 2.05) is 18.7 Å². The van der Waals surface area contributed by atoms with Gasteiger partial charge in [0.05, 0.1) is 24.2 Å². The van der Waals surface area contributed by atoms with Crippen molar-refractivity contribution in [2.24, 2.45) is 7.05 Å². The third-order valence-corrected chi connectivity index (χ3v) is 3.74. The SMILES string of the molecule is Cc1nn(C)c2c1nc(CCl)n2CC1CCCO1. The molecular weight excluding hydrogens is 252 g/mol. The van der Waals surface area contributed by atoms with Gasteiger partial charge in [-0.05, 0) is 19.8 Å². The van der Waals surface area contributed by atoms with Crippen molar-refractivity contribution >= 4 is 22.8 Å². The second-order valence-corrected chi connectivity index (χ2v) is 5.06. The van der Waals surface area contributed by atoms with Gasteiger partial charge in [-0.25, -0.2) is 4.98 Å². The maximum absolute atomic E-state index is 6.00. The summed E-state index contributed by atoms with van der Waals surface area (Å²) in [6.45, 7) is 3.66. The Labute approximate surface area is 111 Å². The molecule has 1 aliphatic heterocycles. The highest BCUT2D eigenvalue weighted by Gasteiger charge is 2.22. The van der Waals surface area contributed by atoms with Crippen molar-refractivity contribution in [1.29, 1.82) is 0 Å². The molecule has 1 fully saturated rings. The maximum Gasteiger partial charge on any atom is 0.158 e. The number of fused-ring (bicyclic) bond motifs is 1. The number of rotatable bonds is 3. The highest BCUT2D eigenvalue weighted by atomic mass is 35.5. The lowest BCUT2D eigenvalue weighted by Crippen LogP contribution is -2.17. The minimum absolute atomic E-state index is 0.277. The zero-order chi connectivity index (χ0) is 12.7. The molecule has 0 saturated carbocycles. The van der Waals surface area contributed by atoms with Crippen LogP contribution in [0, 0.1) is 6.92 Å². The van der Waals surface area contributed by atoms with Gasteiger partial charge in [-0.1, -0.05) is 0 Å². The van der Waals surface area contributed by atoms with E-state index in [2.05, 4.69) is 14.6 Å². The number of hydrogen-bond donors (Lipinski definition) is 0. The standard InChI is InChI=1S/C12H17ClN4O/c1-8-11-12(16(2)15-8)17(10(6-13)14-11)7-9-4-3-5-18-9/h9H,3-7H2,1-2H3. The van der Waals surface area contributed by atoms with Crippen molar-refractivity contribution in [3.05, 3.63) is 11.5 Å². The van der Waals surface area contributed by atoms with Crippen molar-refractivity contribution in [3.63, 3.8) is 0 Å². The predicted octanol–water partition coefficient (Wildman–Crippen LogP) is 2.00. The van der Waals surface area contributed by atoms with E-state index in [4.69, 9.17) is 16.3 Å². The topological polar surface area (TPSA) is 44.9 Å². The fourth-order valence-electron chi connectivity index (χ4n) is 2.67. The molecule has 5 nitrogen and oxygen atoms in total. The van der Waals surface area contributed by atoms with E-state index in [0.717, 1.165) is 48.7 Å². The largest absolute Gasteiger partial charge is 0.376 e. The Morgan fingerprint density at radius 1 is 1.50 bits per heavy atom. The molecule has 0 spiro atoms. The molecule has 6 heteroatoms. The molecule has 0 aliphatic carbocycles. The van der Waals surface area contributed by atoms with E-state index in [9.17, 15) is 0 Å². The van der Waals surface area contributed by atoms with E-state index in [1.54, 1.807) is 0 Å². The van der Waals surface area contributed by atoms with Gasteiger partial charge in [-0.3, -0.25) is 4.68 Å². The normalized spacial score (nSPS) is 20.1. The maximum atomic E-state index is 6.00. The van der Waals surface area contributed by atoms with Gasteiger partial charge in [0.25, 0.3) is 0 Å². The number of imidazole rings is 1. The lowest BCUT2D eigenvalue weighted by molar-refractivity contribution is 0.0971. The Morgan fingerprint density at radius 2 is 2.33 bits per heavy atom. The van der Waals surface area contributed by atoms with Gasteiger partial charge in [-0.2, -0.15) is 5.10 Å². The molecule has 1 atom stereocenters. The predicted molar refractivity (Wildman–Crippen MR) is 69.8 cm³/mol. The molecule has 0 N–H and O–H groups in total. The van der Waals surface area contributed by atoms with Crippen LogP contribution in [0.1, 0.15) is 24.4 Å². The molecule has 0 bridgehead atoms. The molecule has 1 saturated heterocycles. The Bertz CT molecular complexity index is 568. The number of alkyl halides is 1. The first-order valence-corrected chi connectivity index (χ1v) is 6.80. The summed E-state index contributed by atoms with van der Waals surface area (Å²) in [5, 5.41) is 4.41. The van der Waals surface area contributed by atoms with Crippen LogP contribution in [-0.4, -0.2) is 32.0 Å². The fraction of sp³-hybridized carbons (Fsp3) is 0.667. The van der Waals surface area contributed by atoms with E-state index < -0.39 is 0 Å². The van der Waals surface area contributed by atoms with Crippen molar-refractivity contribution < 1.29 is 4.74 Å². The van der Waals surface area contributed by atoms with Crippen molar-refractivity contribution in [2.75, 3.05) is 6.61 Å². The Kier molecular flexibility index (Phi) is 3.03. The Balaban J connectivity index is 2.06. The summed E-state index contributed by atoms with van der Waals surface area (Å²) in [7, 11) is 1.95. The highest BCUT2D eigenvalue weighted by Crippen LogP contribution is 2.23. The van der Waals surface area contributed by atoms with Crippen LogP contribution in [-0.2, 0) is 24.2 Å². The molecule has 0 aromatic carbocycles. The van der Waals surface area contributed by atoms with Gasteiger partial charge in [0, 0.05) is 13.7 Å². The fourth-order valence-corrected chi connectivity index (χ4v) is 2.87. The number of hydrogen-bond acceptors (Lipinski definition) is 3. The van der Waals surface area contributed by atoms with Crippen LogP contribution in [0.4, 0.5) is 0 Å². The van der Waals surface area contributed by atoms with Gasteiger partial charge in [0.15, 0.2) is 5.65 Å². The monoisotopic (exact) mass is 268 g/mol. The summed E-state index contributed by atoms with van der Waals surface area (Å²) in [6, 6.07) is 0. The van der Waals surface area contributed by atoms with Crippen LogP contribution in [0.5, 0.6) is 0 Å². The van der Waals surface area contributed by atoms with Crippen molar-refractivity contribution in [1.82, 2.24) is 19.3 Å². The quantitative estimate of drug-likeness (QED) is 0.800. The van der Waals surface area contributed by atoms with Crippen molar-refractivity contribution in [2.45, 2.75) is 38.3 Å². The first kappa shape index (κ1) is 12.0. The van der Waals surface area contributed by atoms with E-state index in [1.165, 1.54) is 0 Å². The molecule has 18 heavy (non-hydrogen) atoms. The van der Waals surface area contributed by atoms with E-state index in [0.29, 0.717) is 5.88 Å². The number of ether oxygens (including phenoxy) is 1. The van der Waals surface area contributed by atoms with E-state index in [-0.39, 0.29) is 6.10 Å². The Morgan fingerprint density at radius 3 is 3.00 bits per heavy atom. The third-order valence-electron chi connectivity index (χ3n) is 3.50. The van der Waals surface area contributed by atoms with Crippen LogP contribution in [0.2, 0.25) is 0 Å². The van der Waals surface area contributed by atoms with Gasteiger partial charge in [-0.15, -0.1) is 11.6 Å². The van der Waals surface area contributed by atoms with E-state index >= 15 is 0 Å². The summed E-state index contributed by atoms with van der Waals surface area (Å²) in [5.41, 5.74) is 2.94. The molecule has 98 valence electrons. The van der Waals surface area contributed by atoms with Crippen LogP contribution >= 0.6 is 11.6 Å². The first-order valence-electron chi connectivity index (χ1n) is 6.27. The lowest BCUT2D eigenvalue weighted by Gasteiger charge is -2.13. The highest BCUT2D eigenvalue weighted by molar-refractivity contribution is 6.16. The summed E-state index contributed by atoms with van der Waals surface area (Å²) in [5.74, 6) is 1.32. The summed E-state index contributed by atoms with van der Waals surface area (Å²) < 4.78 is 9.73.